The molecular formula is C37H30FN3O4S. The molecule has 0 atom stereocenters. The van der Waals surface area contributed by atoms with Crippen LogP contribution in [-0.4, -0.2) is 36.0 Å². The normalized spacial score (nSPS) is 13.4. The fraction of sp³-hybridized carbons (Fsp3) is 0.162. The molecule has 2 N–H and O–H groups in total. The van der Waals surface area contributed by atoms with Crippen LogP contribution in [0, 0.1) is 12.7 Å². The van der Waals surface area contributed by atoms with E-state index in [-0.39, 0.29) is 29.7 Å². The number of anilines is 2. The van der Waals surface area contributed by atoms with Gasteiger partial charge in [0.25, 0.3) is 11.8 Å². The Hall–Kier alpha value is -5.28. The maximum absolute atomic E-state index is 14.9. The number of nitrogens with zero attached hydrogens (tertiary/aromatic N) is 1. The third-order valence-electron chi connectivity index (χ3n) is 8.71. The van der Waals surface area contributed by atoms with Crippen molar-refractivity contribution in [3.8, 4) is 11.1 Å². The van der Waals surface area contributed by atoms with Crippen LogP contribution in [0.5, 0.6) is 0 Å². The van der Waals surface area contributed by atoms with Gasteiger partial charge in [0.15, 0.2) is 0 Å². The first kappa shape index (κ1) is 29.4. The molecule has 230 valence electrons. The van der Waals surface area contributed by atoms with Gasteiger partial charge in [0, 0.05) is 40.8 Å². The molecule has 0 unspecified atom stereocenters. The van der Waals surface area contributed by atoms with Crippen molar-refractivity contribution in [3.05, 3.63) is 140 Å². The number of hydrogen-bond acceptors (Lipinski definition) is 5. The number of ether oxygens (including phenoxy) is 1. The van der Waals surface area contributed by atoms with Crippen LogP contribution in [-0.2, 0) is 17.7 Å². The fourth-order valence-corrected chi connectivity index (χ4v) is 7.20. The lowest BCUT2D eigenvalue weighted by Gasteiger charge is -2.28. The fourth-order valence-electron chi connectivity index (χ4n) is 6.31. The molecule has 0 radical (unpaired) electrons. The Morgan fingerprint density at radius 2 is 1.63 bits per heavy atom. The molecular weight excluding hydrogens is 601 g/mol. The maximum atomic E-state index is 14.9. The van der Waals surface area contributed by atoms with Gasteiger partial charge in [0.1, 0.15) is 12.4 Å². The second kappa shape index (κ2) is 12.3. The van der Waals surface area contributed by atoms with Gasteiger partial charge in [-0.05, 0) is 88.5 Å². The Morgan fingerprint density at radius 1 is 0.891 bits per heavy atom. The number of halogens is 1. The van der Waals surface area contributed by atoms with Crippen LogP contribution in [0.2, 0.25) is 0 Å². The third-order valence-corrected chi connectivity index (χ3v) is 9.73. The van der Waals surface area contributed by atoms with Gasteiger partial charge in [-0.3, -0.25) is 14.9 Å². The van der Waals surface area contributed by atoms with E-state index in [0.29, 0.717) is 29.9 Å². The highest BCUT2D eigenvalue weighted by Gasteiger charge is 2.29. The van der Waals surface area contributed by atoms with E-state index in [1.54, 1.807) is 41.4 Å². The molecule has 1 aliphatic carbocycles. The van der Waals surface area contributed by atoms with E-state index in [4.69, 9.17) is 4.74 Å². The van der Waals surface area contributed by atoms with Crippen molar-refractivity contribution in [2.24, 2.45) is 0 Å². The molecule has 2 aliphatic rings. The van der Waals surface area contributed by atoms with E-state index in [1.807, 2.05) is 47.8 Å². The number of fused-ring (bicyclic) bond motifs is 4. The van der Waals surface area contributed by atoms with E-state index in [2.05, 4.69) is 22.8 Å². The number of rotatable bonds is 6. The second-order valence-electron chi connectivity index (χ2n) is 11.4. The van der Waals surface area contributed by atoms with Crippen LogP contribution in [0.1, 0.15) is 53.8 Å². The van der Waals surface area contributed by atoms with E-state index in [0.717, 1.165) is 40.3 Å². The summed E-state index contributed by atoms with van der Waals surface area (Å²) in [5.41, 5.74) is 7.00. The van der Waals surface area contributed by atoms with Crippen molar-refractivity contribution in [1.82, 2.24) is 4.90 Å². The zero-order chi connectivity index (χ0) is 31.8. The molecule has 7 rings (SSSR count). The van der Waals surface area contributed by atoms with Crippen LogP contribution >= 0.6 is 11.3 Å². The topological polar surface area (TPSA) is 87.7 Å². The molecule has 0 saturated heterocycles. The number of amides is 3. The molecule has 5 aromatic rings. The lowest BCUT2D eigenvalue weighted by molar-refractivity contribution is 0.0734. The SMILES string of the molecule is Cc1c(NC(=O)c2cc(NC(=O)OCC3c4ccccc4-c4ccccc43)ccc2F)cccc1C(=O)N1CCc2sccc2C1. The average Bonchev–Trinajstić information content (AvgIpc) is 3.67. The highest BCUT2D eigenvalue weighted by atomic mass is 32.1. The van der Waals surface area contributed by atoms with Gasteiger partial charge in [-0.1, -0.05) is 54.6 Å². The minimum Gasteiger partial charge on any atom is -0.448 e. The minimum atomic E-state index is -0.750. The predicted molar refractivity (Wildman–Crippen MR) is 177 cm³/mol. The van der Waals surface area contributed by atoms with Gasteiger partial charge in [-0.15, -0.1) is 11.3 Å². The highest BCUT2D eigenvalue weighted by Crippen LogP contribution is 2.44. The summed E-state index contributed by atoms with van der Waals surface area (Å²) in [5.74, 6) is -1.69. The monoisotopic (exact) mass is 631 g/mol. The second-order valence-corrected chi connectivity index (χ2v) is 12.4. The molecule has 2 heterocycles. The van der Waals surface area contributed by atoms with E-state index in [1.165, 1.54) is 17.0 Å². The van der Waals surface area contributed by atoms with Crippen LogP contribution in [0.15, 0.2) is 96.4 Å². The number of benzene rings is 4. The Bertz CT molecular complexity index is 1960. The largest absolute Gasteiger partial charge is 0.448 e. The number of thiophene rings is 1. The lowest BCUT2D eigenvalue weighted by Crippen LogP contribution is -2.35. The number of carbonyl (C=O) groups excluding carboxylic acids is 3. The van der Waals surface area contributed by atoms with Gasteiger partial charge in [-0.2, -0.15) is 0 Å². The molecule has 9 heteroatoms. The molecule has 1 aliphatic heterocycles. The van der Waals surface area contributed by atoms with Crippen LogP contribution in [0.4, 0.5) is 20.6 Å². The third kappa shape index (κ3) is 5.54. The Kier molecular flexibility index (Phi) is 7.84. The molecule has 4 aromatic carbocycles. The highest BCUT2D eigenvalue weighted by molar-refractivity contribution is 7.10. The molecule has 0 spiro atoms. The average molecular weight is 632 g/mol. The van der Waals surface area contributed by atoms with Gasteiger partial charge in [-0.25, -0.2) is 9.18 Å². The predicted octanol–water partition coefficient (Wildman–Crippen LogP) is 8.01. The Labute approximate surface area is 269 Å². The molecule has 0 saturated carbocycles. The van der Waals surface area contributed by atoms with Crippen molar-refractivity contribution in [2.75, 3.05) is 23.8 Å². The van der Waals surface area contributed by atoms with Crippen LogP contribution in [0.3, 0.4) is 0 Å². The summed E-state index contributed by atoms with van der Waals surface area (Å²) >= 11 is 1.71. The van der Waals surface area contributed by atoms with Crippen LogP contribution < -0.4 is 10.6 Å². The summed E-state index contributed by atoms with van der Waals surface area (Å²) in [4.78, 5) is 42.6. The van der Waals surface area contributed by atoms with E-state index in [9.17, 15) is 18.8 Å². The smallest absolute Gasteiger partial charge is 0.411 e. The minimum absolute atomic E-state index is 0.110. The quantitative estimate of drug-likeness (QED) is 0.199. The molecule has 46 heavy (non-hydrogen) atoms. The Morgan fingerprint density at radius 3 is 2.39 bits per heavy atom. The molecule has 7 nitrogen and oxygen atoms in total. The maximum Gasteiger partial charge on any atom is 0.411 e. The molecule has 1 aromatic heterocycles. The number of nitrogens with one attached hydrogen (secondary N) is 2. The number of hydrogen-bond donors (Lipinski definition) is 2. The van der Waals surface area contributed by atoms with Crippen molar-refractivity contribution in [3.63, 3.8) is 0 Å². The molecule has 0 fully saturated rings. The van der Waals surface area contributed by atoms with Crippen molar-refractivity contribution in [2.45, 2.75) is 25.8 Å². The zero-order valence-corrected chi connectivity index (χ0v) is 25.8. The Balaban J connectivity index is 1.02. The summed E-state index contributed by atoms with van der Waals surface area (Å²) in [7, 11) is 0. The van der Waals surface area contributed by atoms with Crippen molar-refractivity contribution < 1.29 is 23.5 Å². The zero-order valence-electron chi connectivity index (χ0n) is 25.0. The summed E-state index contributed by atoms with van der Waals surface area (Å²) in [5, 5.41) is 7.41. The van der Waals surface area contributed by atoms with Gasteiger partial charge in [0.05, 0.1) is 5.56 Å². The van der Waals surface area contributed by atoms with Gasteiger partial charge >= 0.3 is 6.09 Å². The van der Waals surface area contributed by atoms with Gasteiger partial charge in [0.2, 0.25) is 0 Å². The standard InChI is InChI=1S/C37H30FN3O4S/c1-22-25(36(43)41-17-15-34-23(20-41)16-18-46-34)11-6-12-33(22)40-35(42)30-19-24(13-14-32(30)38)39-37(44)45-21-31-28-9-4-2-7-26(28)27-8-3-5-10-29(27)31/h2-14,16,18-19,31H,15,17,20-21H2,1H3,(H,39,44)(H,40,42). The summed E-state index contributed by atoms with van der Waals surface area (Å²) in [6.07, 6.45) is 0.0997. The summed E-state index contributed by atoms with van der Waals surface area (Å²) < 4.78 is 20.5. The van der Waals surface area contributed by atoms with E-state index < -0.39 is 17.8 Å². The first-order valence-electron chi connectivity index (χ1n) is 15.0. The summed E-state index contributed by atoms with van der Waals surface area (Å²) in [6.45, 7) is 3.04. The first-order valence-corrected chi connectivity index (χ1v) is 15.9. The summed E-state index contributed by atoms with van der Waals surface area (Å²) in [6, 6.07) is 27.0. The van der Waals surface area contributed by atoms with Crippen molar-refractivity contribution >= 4 is 40.6 Å². The van der Waals surface area contributed by atoms with Crippen LogP contribution in [0.25, 0.3) is 11.1 Å². The van der Waals surface area contributed by atoms with Crippen molar-refractivity contribution in [1.29, 1.82) is 0 Å². The molecule has 0 bridgehead atoms. The molecule has 3 amide bonds. The first-order chi connectivity index (χ1) is 22.4. The lowest BCUT2D eigenvalue weighted by atomic mass is 9.98. The van der Waals surface area contributed by atoms with E-state index >= 15 is 0 Å². The van der Waals surface area contributed by atoms with Gasteiger partial charge < -0.3 is 15.0 Å². The number of carbonyl (C=O) groups is 3.